The molecule has 0 fully saturated rings. The zero-order valence-electron chi connectivity index (χ0n) is 11.6. The molecule has 0 aliphatic carbocycles. The van der Waals surface area contributed by atoms with Gasteiger partial charge >= 0.3 is 0 Å². The van der Waals surface area contributed by atoms with Crippen LogP contribution in [0.4, 0.5) is 0 Å². The lowest BCUT2D eigenvalue weighted by molar-refractivity contribution is 0.0935. The maximum atomic E-state index is 12.1. The van der Waals surface area contributed by atoms with Crippen LogP contribution in [0.25, 0.3) is 0 Å². The van der Waals surface area contributed by atoms with Crippen LogP contribution in [0.3, 0.4) is 0 Å². The topological polar surface area (TPSA) is 68.3 Å². The van der Waals surface area contributed by atoms with Crippen LogP contribution < -0.4 is 11.1 Å². The summed E-state index contributed by atoms with van der Waals surface area (Å²) in [4.78, 5) is 12.1. The first-order valence-electron chi connectivity index (χ1n) is 6.47. The van der Waals surface area contributed by atoms with Crippen LogP contribution in [-0.2, 0) is 6.54 Å². The number of hydrogen-bond donors (Lipinski definition) is 2. The van der Waals surface area contributed by atoms with Crippen LogP contribution in [-0.4, -0.2) is 5.91 Å². The molecule has 4 nitrogen and oxygen atoms in total. The first kappa shape index (κ1) is 17.6. The van der Waals surface area contributed by atoms with Gasteiger partial charge in [0.1, 0.15) is 12.0 Å². The predicted octanol–water partition coefficient (Wildman–Crippen LogP) is 3.69. The van der Waals surface area contributed by atoms with Crippen molar-refractivity contribution < 1.29 is 9.21 Å². The summed E-state index contributed by atoms with van der Waals surface area (Å²) in [5.74, 6) is 0.421. The van der Waals surface area contributed by atoms with Gasteiger partial charge in [-0.2, -0.15) is 0 Å². The lowest BCUT2D eigenvalue weighted by Crippen LogP contribution is -2.27. The van der Waals surface area contributed by atoms with Crippen molar-refractivity contribution in [1.82, 2.24) is 5.32 Å². The second-order valence-electron chi connectivity index (χ2n) is 4.49. The van der Waals surface area contributed by atoms with E-state index in [1.54, 1.807) is 6.07 Å². The maximum absolute atomic E-state index is 12.1. The molecule has 2 rings (SSSR count). The van der Waals surface area contributed by atoms with Crippen LogP contribution in [0.5, 0.6) is 0 Å². The van der Waals surface area contributed by atoms with Gasteiger partial charge < -0.3 is 15.5 Å². The lowest BCUT2D eigenvalue weighted by Gasteiger charge is -2.17. The molecule has 1 aromatic heterocycles. The van der Waals surface area contributed by atoms with Crippen molar-refractivity contribution >= 4 is 29.9 Å². The highest BCUT2D eigenvalue weighted by Gasteiger charge is 2.15. The molecule has 0 bridgehead atoms. The minimum absolute atomic E-state index is 0. The Morgan fingerprint density at radius 1 is 1.38 bits per heavy atom. The molecule has 114 valence electrons. The molecule has 0 aliphatic rings. The average molecular weight is 329 g/mol. The number of halogens is 2. The number of benzene rings is 1. The fourth-order valence-electron chi connectivity index (χ4n) is 1.96. The smallest absolute Gasteiger partial charge is 0.255 e. The van der Waals surface area contributed by atoms with Gasteiger partial charge in [-0.15, -0.1) is 12.4 Å². The molecular formula is C15H18Cl2N2O2. The SMILES string of the molecule is CCC(NC(=O)c1coc(CN)c1)c1ccc(Cl)cc1.Cl. The van der Waals surface area contributed by atoms with Crippen molar-refractivity contribution in [2.24, 2.45) is 5.73 Å². The van der Waals surface area contributed by atoms with E-state index in [1.165, 1.54) is 6.26 Å². The molecule has 0 aliphatic heterocycles. The fourth-order valence-corrected chi connectivity index (χ4v) is 2.09. The summed E-state index contributed by atoms with van der Waals surface area (Å²) in [6.07, 6.45) is 2.21. The second kappa shape index (κ2) is 8.08. The highest BCUT2D eigenvalue weighted by molar-refractivity contribution is 6.30. The monoisotopic (exact) mass is 328 g/mol. The Kier molecular flexibility index (Phi) is 6.75. The number of amides is 1. The van der Waals surface area contributed by atoms with Gasteiger partial charge in [-0.05, 0) is 30.2 Å². The van der Waals surface area contributed by atoms with E-state index in [4.69, 9.17) is 21.8 Å². The number of carbonyl (C=O) groups excluding carboxylic acids is 1. The molecule has 1 amide bonds. The minimum atomic E-state index is -0.171. The number of rotatable bonds is 5. The Morgan fingerprint density at radius 3 is 2.57 bits per heavy atom. The third kappa shape index (κ3) is 4.49. The van der Waals surface area contributed by atoms with Gasteiger partial charge in [0, 0.05) is 5.02 Å². The third-order valence-corrected chi connectivity index (χ3v) is 3.36. The van der Waals surface area contributed by atoms with Gasteiger partial charge in [-0.3, -0.25) is 4.79 Å². The van der Waals surface area contributed by atoms with Crippen LogP contribution in [0, 0.1) is 0 Å². The maximum Gasteiger partial charge on any atom is 0.255 e. The van der Waals surface area contributed by atoms with Crippen molar-refractivity contribution in [1.29, 1.82) is 0 Å². The summed E-state index contributed by atoms with van der Waals surface area (Å²) in [7, 11) is 0. The number of carbonyl (C=O) groups is 1. The van der Waals surface area contributed by atoms with Gasteiger partial charge in [0.05, 0.1) is 18.2 Å². The van der Waals surface area contributed by atoms with Crippen molar-refractivity contribution in [2.75, 3.05) is 0 Å². The first-order valence-corrected chi connectivity index (χ1v) is 6.85. The van der Waals surface area contributed by atoms with E-state index in [9.17, 15) is 4.79 Å². The van der Waals surface area contributed by atoms with Gasteiger partial charge in [-0.1, -0.05) is 30.7 Å². The summed E-state index contributed by atoms with van der Waals surface area (Å²) >= 11 is 5.87. The van der Waals surface area contributed by atoms with Crippen LogP contribution >= 0.6 is 24.0 Å². The van der Waals surface area contributed by atoms with Crippen LogP contribution in [0.15, 0.2) is 41.0 Å². The Bertz CT molecular complexity index is 582. The highest BCUT2D eigenvalue weighted by Crippen LogP contribution is 2.20. The van der Waals surface area contributed by atoms with E-state index in [1.807, 2.05) is 31.2 Å². The van der Waals surface area contributed by atoms with Gasteiger partial charge in [0.2, 0.25) is 0 Å². The van der Waals surface area contributed by atoms with Crippen LogP contribution in [0.1, 0.15) is 41.1 Å². The first-order chi connectivity index (χ1) is 9.63. The normalized spacial score (nSPS) is 11.6. The lowest BCUT2D eigenvalue weighted by atomic mass is 10.0. The molecule has 0 radical (unpaired) electrons. The number of nitrogens with two attached hydrogens (primary N) is 1. The predicted molar refractivity (Wildman–Crippen MR) is 85.8 cm³/mol. The summed E-state index contributed by atoms with van der Waals surface area (Å²) in [5.41, 5.74) is 6.96. The largest absolute Gasteiger partial charge is 0.467 e. The summed E-state index contributed by atoms with van der Waals surface area (Å²) in [6, 6.07) is 9.06. The zero-order chi connectivity index (χ0) is 14.5. The Balaban J connectivity index is 0.00000220. The zero-order valence-corrected chi connectivity index (χ0v) is 13.2. The van der Waals surface area contributed by atoms with Crippen molar-refractivity contribution in [3.63, 3.8) is 0 Å². The molecule has 0 saturated heterocycles. The summed E-state index contributed by atoms with van der Waals surface area (Å²) < 4.78 is 5.17. The molecule has 1 aromatic carbocycles. The quantitative estimate of drug-likeness (QED) is 0.879. The van der Waals surface area contributed by atoms with Crippen molar-refractivity contribution in [2.45, 2.75) is 25.9 Å². The van der Waals surface area contributed by atoms with Crippen LogP contribution in [0.2, 0.25) is 5.02 Å². The van der Waals surface area contributed by atoms with E-state index in [0.29, 0.717) is 16.3 Å². The van der Waals surface area contributed by atoms with E-state index in [2.05, 4.69) is 5.32 Å². The molecule has 1 atom stereocenters. The Labute approximate surface area is 135 Å². The molecule has 0 saturated carbocycles. The molecular weight excluding hydrogens is 311 g/mol. The molecule has 1 unspecified atom stereocenters. The average Bonchev–Trinajstić information content (AvgIpc) is 2.94. The fraction of sp³-hybridized carbons (Fsp3) is 0.267. The molecule has 2 aromatic rings. The second-order valence-corrected chi connectivity index (χ2v) is 4.93. The highest BCUT2D eigenvalue weighted by atomic mass is 35.5. The summed E-state index contributed by atoms with van der Waals surface area (Å²) in [5, 5.41) is 3.65. The van der Waals surface area contributed by atoms with E-state index < -0.39 is 0 Å². The van der Waals surface area contributed by atoms with E-state index in [-0.39, 0.29) is 30.9 Å². The molecule has 1 heterocycles. The van der Waals surface area contributed by atoms with E-state index in [0.717, 1.165) is 12.0 Å². The molecule has 21 heavy (non-hydrogen) atoms. The van der Waals surface area contributed by atoms with Gasteiger partial charge in [-0.25, -0.2) is 0 Å². The van der Waals surface area contributed by atoms with Gasteiger partial charge in [0.15, 0.2) is 0 Å². The standard InChI is InChI=1S/C15H17ClN2O2.ClH/c1-2-14(10-3-5-12(16)6-4-10)18-15(19)11-7-13(8-17)20-9-11;/h3-7,9,14H,2,8,17H2,1H3,(H,18,19);1H. The molecule has 3 N–H and O–H groups in total. The number of nitrogens with one attached hydrogen (secondary N) is 1. The Hall–Kier alpha value is -1.49. The number of hydrogen-bond acceptors (Lipinski definition) is 3. The van der Waals surface area contributed by atoms with Crippen molar-refractivity contribution in [3.05, 3.63) is 58.5 Å². The third-order valence-electron chi connectivity index (χ3n) is 3.10. The number of furan rings is 1. The molecule has 0 spiro atoms. The summed E-state index contributed by atoms with van der Waals surface area (Å²) in [6.45, 7) is 2.29. The van der Waals surface area contributed by atoms with E-state index >= 15 is 0 Å². The van der Waals surface area contributed by atoms with Crippen molar-refractivity contribution in [3.8, 4) is 0 Å². The van der Waals surface area contributed by atoms with Gasteiger partial charge in [0.25, 0.3) is 5.91 Å². The minimum Gasteiger partial charge on any atom is -0.467 e. The Morgan fingerprint density at radius 2 is 2.05 bits per heavy atom. The molecule has 6 heteroatoms.